The van der Waals surface area contributed by atoms with Crippen LogP contribution in [-0.2, 0) is 21.8 Å². The van der Waals surface area contributed by atoms with Gasteiger partial charge >= 0.3 is 0 Å². The number of thioether (sulfide) groups is 1. The van der Waals surface area contributed by atoms with E-state index in [2.05, 4.69) is 25.1 Å². The lowest BCUT2D eigenvalue weighted by Crippen LogP contribution is -2.29. The fraction of sp³-hybridized carbons (Fsp3) is 0.684. The molecule has 2 fully saturated rings. The first kappa shape index (κ1) is 21.8. The summed E-state index contributed by atoms with van der Waals surface area (Å²) in [6.45, 7) is 6.78. The molecule has 0 saturated carbocycles. The summed E-state index contributed by atoms with van der Waals surface area (Å²) in [6.07, 6.45) is 6.52. The Bertz CT molecular complexity index is 777. The Kier molecular flexibility index (Phi) is 8.08. The van der Waals surface area contributed by atoms with Crippen LogP contribution in [0.15, 0.2) is 15.8 Å². The van der Waals surface area contributed by atoms with E-state index in [1.165, 1.54) is 0 Å². The van der Waals surface area contributed by atoms with E-state index in [-0.39, 0.29) is 6.10 Å². The first-order valence-electron chi connectivity index (χ1n) is 10.0. The maximum atomic E-state index is 9.00. The van der Waals surface area contributed by atoms with Crippen LogP contribution in [-0.4, -0.2) is 56.6 Å². The van der Waals surface area contributed by atoms with Gasteiger partial charge in [0, 0.05) is 32.1 Å². The Hall–Kier alpha value is -1.91. The van der Waals surface area contributed by atoms with Gasteiger partial charge in [0.15, 0.2) is 11.0 Å². The molecule has 0 radical (unpaired) electrons. The Morgan fingerprint density at radius 1 is 1.34 bits per heavy atom. The van der Waals surface area contributed by atoms with Crippen LogP contribution in [0.1, 0.15) is 55.9 Å². The summed E-state index contributed by atoms with van der Waals surface area (Å²) in [6, 6.07) is 0. The molecule has 160 valence electrons. The molecule has 0 aromatic carbocycles. The van der Waals surface area contributed by atoms with Gasteiger partial charge in [-0.15, -0.1) is 10.2 Å². The van der Waals surface area contributed by atoms with Gasteiger partial charge in [-0.1, -0.05) is 11.8 Å². The normalized spacial score (nSPS) is 19.7. The van der Waals surface area contributed by atoms with Crippen LogP contribution in [0.5, 0.6) is 0 Å². The molecule has 0 spiro atoms. The number of aliphatic carboxylic acids is 1. The largest absolute Gasteiger partial charge is 0.481 e. The quantitative estimate of drug-likeness (QED) is 0.676. The van der Waals surface area contributed by atoms with E-state index in [0.717, 1.165) is 81.3 Å². The number of hydrogen-bond acceptors (Lipinski definition) is 8. The Balaban J connectivity index is 0.000000552. The summed E-state index contributed by atoms with van der Waals surface area (Å²) >= 11 is 1.68. The molecular weight excluding hydrogens is 394 g/mol. The molecule has 4 rings (SSSR count). The molecule has 0 bridgehead atoms. The third kappa shape index (κ3) is 6.55. The van der Waals surface area contributed by atoms with Gasteiger partial charge in [-0.05, 0) is 38.8 Å². The van der Waals surface area contributed by atoms with Crippen molar-refractivity contribution in [1.29, 1.82) is 0 Å². The minimum absolute atomic E-state index is 0.283. The number of ether oxygens (including phenoxy) is 1. The van der Waals surface area contributed by atoms with Crippen molar-refractivity contribution >= 4 is 17.7 Å². The van der Waals surface area contributed by atoms with E-state index in [9.17, 15) is 0 Å². The zero-order valence-corrected chi connectivity index (χ0v) is 17.8. The Morgan fingerprint density at radius 2 is 2.10 bits per heavy atom. The molecule has 2 saturated heterocycles. The maximum Gasteiger partial charge on any atom is 0.300 e. The van der Waals surface area contributed by atoms with Gasteiger partial charge in [0.1, 0.15) is 12.1 Å². The van der Waals surface area contributed by atoms with Crippen LogP contribution >= 0.6 is 11.8 Å². The molecule has 29 heavy (non-hydrogen) atoms. The smallest absolute Gasteiger partial charge is 0.300 e. The molecule has 9 nitrogen and oxygen atoms in total. The predicted molar refractivity (Wildman–Crippen MR) is 108 cm³/mol. The zero-order valence-electron chi connectivity index (χ0n) is 17.0. The van der Waals surface area contributed by atoms with Gasteiger partial charge in [0.2, 0.25) is 0 Å². The summed E-state index contributed by atoms with van der Waals surface area (Å²) < 4.78 is 13.5. The van der Waals surface area contributed by atoms with Crippen LogP contribution in [0, 0.1) is 6.92 Å². The van der Waals surface area contributed by atoms with Crippen molar-refractivity contribution in [2.24, 2.45) is 0 Å². The molecule has 1 unspecified atom stereocenters. The van der Waals surface area contributed by atoms with Crippen LogP contribution in [0.2, 0.25) is 0 Å². The highest BCUT2D eigenvalue weighted by Crippen LogP contribution is 2.30. The standard InChI is InChI=1S/C17H25N5O2S.C2H4O2/c1-12-19-14(10-24-12)11-25-17-21-20-16(13-4-6-18-7-5-13)22(17)9-15-3-2-8-23-15;1-2(3)4/h10,13,15,18H,2-9,11H2,1H3;1H3,(H,3,4). The van der Waals surface area contributed by atoms with Crippen molar-refractivity contribution < 1.29 is 19.1 Å². The molecule has 2 aromatic heterocycles. The summed E-state index contributed by atoms with van der Waals surface area (Å²) in [5.41, 5.74) is 0.942. The van der Waals surface area contributed by atoms with E-state index in [1.807, 2.05) is 6.92 Å². The average Bonchev–Trinajstić information content (AvgIpc) is 3.43. The van der Waals surface area contributed by atoms with Gasteiger partial charge in [0.05, 0.1) is 18.3 Å². The minimum atomic E-state index is -0.833. The first-order valence-corrected chi connectivity index (χ1v) is 11.0. The number of rotatable bonds is 6. The Morgan fingerprint density at radius 3 is 2.72 bits per heavy atom. The molecule has 2 N–H and O–H groups in total. The number of piperidine rings is 1. The van der Waals surface area contributed by atoms with E-state index < -0.39 is 5.97 Å². The topological polar surface area (TPSA) is 115 Å². The predicted octanol–water partition coefficient (Wildman–Crippen LogP) is 2.60. The first-order chi connectivity index (χ1) is 14.0. The zero-order chi connectivity index (χ0) is 20.6. The number of oxazole rings is 1. The van der Waals surface area contributed by atoms with Crippen LogP contribution in [0.25, 0.3) is 0 Å². The second-order valence-corrected chi connectivity index (χ2v) is 8.22. The molecule has 2 aromatic rings. The lowest BCUT2D eigenvalue weighted by molar-refractivity contribution is -0.134. The van der Waals surface area contributed by atoms with Crippen molar-refractivity contribution in [3.63, 3.8) is 0 Å². The summed E-state index contributed by atoms with van der Waals surface area (Å²) in [5, 5.41) is 20.9. The number of carbonyl (C=O) groups is 1. The number of aromatic nitrogens is 4. The highest BCUT2D eigenvalue weighted by molar-refractivity contribution is 7.98. The van der Waals surface area contributed by atoms with Gasteiger partial charge in [-0.2, -0.15) is 0 Å². The van der Waals surface area contributed by atoms with E-state index in [1.54, 1.807) is 18.0 Å². The summed E-state index contributed by atoms with van der Waals surface area (Å²) in [5.74, 6) is 2.22. The lowest BCUT2D eigenvalue weighted by atomic mass is 9.97. The number of nitrogens with zero attached hydrogens (tertiary/aromatic N) is 4. The monoisotopic (exact) mass is 423 g/mol. The molecule has 0 aliphatic carbocycles. The van der Waals surface area contributed by atoms with Gasteiger partial charge in [-0.3, -0.25) is 4.79 Å². The van der Waals surface area contributed by atoms with Crippen molar-refractivity contribution in [2.75, 3.05) is 19.7 Å². The number of aryl methyl sites for hydroxylation is 1. The summed E-state index contributed by atoms with van der Waals surface area (Å²) in [7, 11) is 0. The maximum absolute atomic E-state index is 9.00. The SMILES string of the molecule is CC(=O)O.Cc1nc(CSc2nnc(C3CCNCC3)n2CC2CCCO2)co1. The second-order valence-electron chi connectivity index (χ2n) is 7.28. The van der Waals surface area contributed by atoms with Gasteiger partial charge < -0.3 is 24.1 Å². The number of hydrogen-bond donors (Lipinski definition) is 2. The van der Waals surface area contributed by atoms with E-state index >= 15 is 0 Å². The summed E-state index contributed by atoms with van der Waals surface area (Å²) in [4.78, 5) is 13.4. The third-order valence-corrected chi connectivity index (χ3v) is 5.88. The molecule has 2 aliphatic heterocycles. The van der Waals surface area contributed by atoms with E-state index in [4.69, 9.17) is 19.1 Å². The number of carboxylic acids is 1. The van der Waals surface area contributed by atoms with Crippen molar-refractivity contribution in [2.45, 2.75) is 69.0 Å². The number of nitrogens with one attached hydrogen (secondary N) is 1. The van der Waals surface area contributed by atoms with Crippen molar-refractivity contribution in [3.05, 3.63) is 23.7 Å². The molecular formula is C19H29N5O4S. The number of carboxylic acid groups (broad SMARTS) is 1. The molecule has 2 aliphatic rings. The van der Waals surface area contributed by atoms with Gasteiger partial charge in [-0.25, -0.2) is 4.98 Å². The fourth-order valence-corrected chi connectivity index (χ4v) is 4.40. The van der Waals surface area contributed by atoms with Crippen LogP contribution in [0.3, 0.4) is 0 Å². The highest BCUT2D eigenvalue weighted by Gasteiger charge is 2.26. The fourth-order valence-electron chi connectivity index (χ4n) is 3.57. The molecule has 4 heterocycles. The molecule has 10 heteroatoms. The third-order valence-electron chi connectivity index (χ3n) is 4.88. The lowest BCUT2D eigenvalue weighted by Gasteiger charge is -2.23. The Labute approximate surface area is 174 Å². The van der Waals surface area contributed by atoms with Crippen molar-refractivity contribution in [1.82, 2.24) is 25.1 Å². The molecule has 0 amide bonds. The van der Waals surface area contributed by atoms with Crippen molar-refractivity contribution in [3.8, 4) is 0 Å². The van der Waals surface area contributed by atoms with E-state index in [0.29, 0.717) is 11.8 Å². The van der Waals surface area contributed by atoms with Gasteiger partial charge in [0.25, 0.3) is 5.97 Å². The van der Waals surface area contributed by atoms with Crippen LogP contribution in [0.4, 0.5) is 0 Å². The van der Waals surface area contributed by atoms with Crippen LogP contribution < -0.4 is 5.32 Å². The average molecular weight is 424 g/mol. The minimum Gasteiger partial charge on any atom is -0.481 e. The molecule has 1 atom stereocenters. The second kappa shape index (κ2) is 10.7. The highest BCUT2D eigenvalue weighted by atomic mass is 32.2.